The summed E-state index contributed by atoms with van der Waals surface area (Å²) in [6.45, 7) is 9.77. The number of aryl methyl sites for hydroxylation is 1. The predicted molar refractivity (Wildman–Crippen MR) is 80.2 cm³/mol. The van der Waals surface area contributed by atoms with E-state index in [9.17, 15) is 4.79 Å². The zero-order chi connectivity index (χ0) is 14.9. The van der Waals surface area contributed by atoms with E-state index >= 15 is 0 Å². The Morgan fingerprint density at radius 2 is 2.05 bits per heavy atom. The van der Waals surface area contributed by atoms with Crippen molar-refractivity contribution in [3.63, 3.8) is 0 Å². The Labute approximate surface area is 120 Å². The number of nitrogens with one attached hydrogen (secondary N) is 1. The number of fused-ring (bicyclic) bond motifs is 1. The first-order valence-corrected chi connectivity index (χ1v) is 7.28. The molecule has 1 aliphatic rings. The number of carbonyl (C=O) groups excluding carboxylic acids is 1. The summed E-state index contributed by atoms with van der Waals surface area (Å²) in [5.74, 6) is 0.269. The van der Waals surface area contributed by atoms with Crippen LogP contribution in [0.3, 0.4) is 0 Å². The van der Waals surface area contributed by atoms with Crippen LogP contribution in [0.2, 0.25) is 0 Å². The van der Waals surface area contributed by atoms with Gasteiger partial charge in [-0.3, -0.25) is 10.3 Å². The van der Waals surface area contributed by atoms with E-state index in [1.54, 1.807) is 0 Å². The lowest BCUT2D eigenvalue weighted by Crippen LogP contribution is -2.28. The molecule has 1 aromatic rings. The summed E-state index contributed by atoms with van der Waals surface area (Å²) in [6, 6.07) is 0. The summed E-state index contributed by atoms with van der Waals surface area (Å²) in [5, 5.41) is 2.93. The molecular formula is C16H24N2O2. The van der Waals surface area contributed by atoms with Crippen LogP contribution in [0.1, 0.15) is 63.8 Å². The zero-order valence-electron chi connectivity index (χ0n) is 13.0. The third kappa shape index (κ3) is 3.30. The van der Waals surface area contributed by atoms with Crippen molar-refractivity contribution in [3.8, 4) is 0 Å². The van der Waals surface area contributed by atoms with Crippen molar-refractivity contribution in [2.24, 2.45) is 0 Å². The van der Waals surface area contributed by atoms with Crippen LogP contribution in [0.15, 0.2) is 6.20 Å². The van der Waals surface area contributed by atoms with Crippen LogP contribution < -0.4 is 5.32 Å². The fraction of sp³-hybridized carbons (Fsp3) is 0.625. The second kappa shape index (κ2) is 5.43. The molecule has 0 radical (unpaired) electrons. The number of ether oxygens (including phenoxy) is 1. The average Bonchev–Trinajstić information content (AvgIpc) is 2.74. The van der Waals surface area contributed by atoms with Crippen LogP contribution in [0.25, 0.3) is 0 Å². The van der Waals surface area contributed by atoms with Crippen LogP contribution in [-0.2, 0) is 17.6 Å². The van der Waals surface area contributed by atoms with E-state index in [2.05, 4.69) is 24.1 Å². The molecule has 4 heteroatoms. The van der Waals surface area contributed by atoms with Crippen molar-refractivity contribution in [1.29, 1.82) is 0 Å². The highest BCUT2D eigenvalue weighted by atomic mass is 16.6. The van der Waals surface area contributed by atoms with Crippen LogP contribution in [0.5, 0.6) is 0 Å². The van der Waals surface area contributed by atoms with Gasteiger partial charge in [-0.1, -0.05) is 13.8 Å². The smallest absolute Gasteiger partial charge is 0.412 e. The maximum Gasteiger partial charge on any atom is 0.412 e. The minimum atomic E-state index is -0.493. The molecule has 1 amide bonds. The number of hydrogen-bond donors (Lipinski definition) is 1. The monoisotopic (exact) mass is 276 g/mol. The SMILES string of the molecule is CC(C)c1ncc2c(c1NC(=O)OC(C)(C)C)CCC2. The lowest BCUT2D eigenvalue weighted by molar-refractivity contribution is 0.0635. The molecule has 0 atom stereocenters. The van der Waals surface area contributed by atoms with Crippen LogP contribution in [0, 0.1) is 0 Å². The molecular weight excluding hydrogens is 252 g/mol. The molecule has 0 spiro atoms. The molecule has 0 bridgehead atoms. The van der Waals surface area contributed by atoms with Crippen LogP contribution in [0.4, 0.5) is 10.5 Å². The van der Waals surface area contributed by atoms with E-state index in [0.717, 1.165) is 30.6 Å². The lowest BCUT2D eigenvalue weighted by Gasteiger charge is -2.22. The van der Waals surface area contributed by atoms with Crippen molar-refractivity contribution in [2.75, 3.05) is 5.32 Å². The molecule has 1 aromatic heterocycles. The Kier molecular flexibility index (Phi) is 4.02. The molecule has 0 saturated carbocycles. The minimum absolute atomic E-state index is 0.269. The van der Waals surface area contributed by atoms with Crippen molar-refractivity contribution in [1.82, 2.24) is 4.98 Å². The minimum Gasteiger partial charge on any atom is -0.444 e. The molecule has 4 nitrogen and oxygen atoms in total. The Bertz CT molecular complexity index is 516. The third-order valence-corrected chi connectivity index (χ3v) is 3.35. The summed E-state index contributed by atoms with van der Waals surface area (Å²) >= 11 is 0. The van der Waals surface area contributed by atoms with E-state index < -0.39 is 11.7 Å². The van der Waals surface area contributed by atoms with Crippen LogP contribution >= 0.6 is 0 Å². The second-order valence-electron chi connectivity index (χ2n) is 6.66. The topological polar surface area (TPSA) is 51.2 Å². The van der Waals surface area contributed by atoms with Gasteiger partial charge in [-0.05, 0) is 57.1 Å². The van der Waals surface area contributed by atoms with Crippen LogP contribution in [-0.4, -0.2) is 16.7 Å². The van der Waals surface area contributed by atoms with Gasteiger partial charge in [0.2, 0.25) is 0 Å². The largest absolute Gasteiger partial charge is 0.444 e. The fourth-order valence-corrected chi connectivity index (χ4v) is 2.54. The van der Waals surface area contributed by atoms with Gasteiger partial charge in [-0.15, -0.1) is 0 Å². The first-order chi connectivity index (χ1) is 9.28. The number of carbonyl (C=O) groups is 1. The Hall–Kier alpha value is -1.58. The van der Waals surface area contributed by atoms with Gasteiger partial charge >= 0.3 is 6.09 Å². The van der Waals surface area contributed by atoms with Crippen molar-refractivity contribution in [3.05, 3.63) is 23.0 Å². The molecule has 1 N–H and O–H groups in total. The highest BCUT2D eigenvalue weighted by molar-refractivity contribution is 5.87. The van der Waals surface area contributed by atoms with E-state index in [-0.39, 0.29) is 5.92 Å². The van der Waals surface area contributed by atoms with Gasteiger partial charge in [-0.2, -0.15) is 0 Å². The highest BCUT2D eigenvalue weighted by Crippen LogP contribution is 2.34. The van der Waals surface area contributed by atoms with Gasteiger partial charge in [0.1, 0.15) is 5.60 Å². The van der Waals surface area contributed by atoms with Crippen molar-refractivity contribution < 1.29 is 9.53 Å². The molecule has 1 heterocycles. The average molecular weight is 276 g/mol. The summed E-state index contributed by atoms with van der Waals surface area (Å²) in [7, 11) is 0. The third-order valence-electron chi connectivity index (χ3n) is 3.35. The van der Waals surface area contributed by atoms with Crippen molar-refractivity contribution >= 4 is 11.8 Å². The quantitative estimate of drug-likeness (QED) is 0.887. The summed E-state index contributed by atoms with van der Waals surface area (Å²) in [4.78, 5) is 16.6. The van der Waals surface area contributed by atoms with Gasteiger partial charge in [-0.25, -0.2) is 4.79 Å². The number of hydrogen-bond acceptors (Lipinski definition) is 3. The molecule has 0 aliphatic heterocycles. The highest BCUT2D eigenvalue weighted by Gasteiger charge is 2.24. The Morgan fingerprint density at radius 1 is 1.35 bits per heavy atom. The second-order valence-corrected chi connectivity index (χ2v) is 6.66. The molecule has 0 unspecified atom stereocenters. The molecule has 20 heavy (non-hydrogen) atoms. The van der Waals surface area contributed by atoms with E-state index in [0.29, 0.717) is 0 Å². The number of aromatic nitrogens is 1. The van der Waals surface area contributed by atoms with Gasteiger partial charge < -0.3 is 4.74 Å². The number of amides is 1. The number of rotatable bonds is 2. The lowest BCUT2D eigenvalue weighted by atomic mass is 10.0. The maximum absolute atomic E-state index is 12.0. The molecule has 110 valence electrons. The van der Waals surface area contributed by atoms with Gasteiger partial charge in [0, 0.05) is 6.20 Å². The standard InChI is InChI=1S/C16H24N2O2/c1-10(2)13-14(18-15(19)20-16(3,4)5)12-8-6-7-11(12)9-17-13/h9-10H,6-8H2,1-5H3,(H,18,19). The fourth-order valence-electron chi connectivity index (χ4n) is 2.54. The number of nitrogens with zero attached hydrogens (tertiary/aromatic N) is 1. The molecule has 0 fully saturated rings. The van der Waals surface area contributed by atoms with E-state index in [1.165, 1.54) is 11.1 Å². The summed E-state index contributed by atoms with van der Waals surface area (Å²) in [5.41, 5.74) is 3.80. The summed E-state index contributed by atoms with van der Waals surface area (Å²) < 4.78 is 5.36. The molecule has 2 rings (SSSR count). The first-order valence-electron chi connectivity index (χ1n) is 7.28. The number of pyridine rings is 1. The molecule has 0 aromatic carbocycles. The first kappa shape index (κ1) is 14.8. The normalized spacial score (nSPS) is 14.3. The molecule has 0 saturated heterocycles. The Balaban J connectivity index is 2.30. The van der Waals surface area contributed by atoms with Gasteiger partial charge in [0.15, 0.2) is 0 Å². The van der Waals surface area contributed by atoms with Gasteiger partial charge in [0.05, 0.1) is 11.4 Å². The predicted octanol–water partition coefficient (Wildman–Crippen LogP) is 4.04. The zero-order valence-corrected chi connectivity index (χ0v) is 13.0. The summed E-state index contributed by atoms with van der Waals surface area (Å²) in [6.07, 6.45) is 4.73. The van der Waals surface area contributed by atoms with Crippen molar-refractivity contribution in [2.45, 2.75) is 65.4 Å². The van der Waals surface area contributed by atoms with E-state index in [4.69, 9.17) is 4.74 Å². The van der Waals surface area contributed by atoms with E-state index in [1.807, 2.05) is 27.0 Å². The number of anilines is 1. The maximum atomic E-state index is 12.0. The Morgan fingerprint density at radius 3 is 2.65 bits per heavy atom. The van der Waals surface area contributed by atoms with Gasteiger partial charge in [0.25, 0.3) is 0 Å². The molecule has 1 aliphatic carbocycles.